The zero-order chi connectivity index (χ0) is 11.4. The zero-order valence-electron chi connectivity index (χ0n) is 9.43. The van der Waals surface area contributed by atoms with Crippen molar-refractivity contribution in [1.29, 1.82) is 0 Å². The molecule has 1 N–H and O–H groups in total. The third-order valence-corrected chi connectivity index (χ3v) is 2.84. The lowest BCUT2D eigenvalue weighted by atomic mass is 10.2. The highest BCUT2D eigenvalue weighted by Crippen LogP contribution is 2.11. The third-order valence-electron chi connectivity index (χ3n) is 2.11. The Bertz CT molecular complexity index is 422. The first-order valence-electron chi connectivity index (χ1n) is 5.30. The number of nitrogens with one attached hydrogen (secondary N) is 1. The van der Waals surface area contributed by atoms with Crippen molar-refractivity contribution in [2.45, 2.75) is 32.9 Å². The van der Waals surface area contributed by atoms with Gasteiger partial charge in [0.1, 0.15) is 0 Å². The number of hydrogen-bond acceptors (Lipinski definition) is 5. The molecular formula is C11H15N3OS. The van der Waals surface area contributed by atoms with Crippen molar-refractivity contribution in [1.82, 2.24) is 15.5 Å². The number of thiophene rings is 1. The minimum absolute atomic E-state index is 0.423. The van der Waals surface area contributed by atoms with Crippen LogP contribution in [-0.2, 0) is 13.0 Å². The lowest BCUT2D eigenvalue weighted by molar-refractivity contribution is 0.427. The van der Waals surface area contributed by atoms with Crippen LogP contribution >= 0.6 is 11.3 Å². The van der Waals surface area contributed by atoms with Crippen LogP contribution in [0.4, 0.5) is 0 Å². The zero-order valence-corrected chi connectivity index (χ0v) is 10.3. The Hall–Kier alpha value is -1.20. The molecule has 0 atom stereocenters. The van der Waals surface area contributed by atoms with Crippen molar-refractivity contribution in [3.8, 4) is 0 Å². The van der Waals surface area contributed by atoms with Gasteiger partial charge in [0.25, 0.3) is 0 Å². The van der Waals surface area contributed by atoms with Gasteiger partial charge in [0.2, 0.25) is 11.8 Å². The summed E-state index contributed by atoms with van der Waals surface area (Å²) >= 11 is 1.68. The van der Waals surface area contributed by atoms with E-state index < -0.39 is 0 Å². The molecule has 0 aliphatic rings. The highest BCUT2D eigenvalue weighted by atomic mass is 32.1. The standard InChI is InChI=1S/C11H15N3OS/c1-8(2)12-6-11-14-13-10(15-11)5-9-3-4-16-7-9/h3-4,7-8,12H,5-6H2,1-2H3. The van der Waals surface area contributed by atoms with E-state index in [2.05, 4.69) is 40.8 Å². The third kappa shape index (κ3) is 3.15. The molecule has 0 aliphatic heterocycles. The Morgan fingerprint density at radius 1 is 1.38 bits per heavy atom. The van der Waals surface area contributed by atoms with Crippen LogP contribution in [0.2, 0.25) is 0 Å². The van der Waals surface area contributed by atoms with Crippen LogP contribution in [0, 0.1) is 0 Å². The SMILES string of the molecule is CC(C)NCc1nnc(Cc2ccsc2)o1. The molecule has 2 rings (SSSR count). The Morgan fingerprint density at radius 3 is 2.88 bits per heavy atom. The van der Waals surface area contributed by atoms with Crippen LogP contribution in [-0.4, -0.2) is 16.2 Å². The molecule has 0 fully saturated rings. The van der Waals surface area contributed by atoms with Crippen molar-refractivity contribution < 1.29 is 4.42 Å². The van der Waals surface area contributed by atoms with Gasteiger partial charge in [-0.25, -0.2) is 0 Å². The summed E-state index contributed by atoms with van der Waals surface area (Å²) in [6.07, 6.45) is 0.720. The topological polar surface area (TPSA) is 51.0 Å². The summed E-state index contributed by atoms with van der Waals surface area (Å²) < 4.78 is 5.53. The number of nitrogens with zero attached hydrogens (tertiary/aromatic N) is 2. The fraction of sp³-hybridized carbons (Fsp3) is 0.455. The molecule has 0 saturated heterocycles. The van der Waals surface area contributed by atoms with Crippen LogP contribution in [0.15, 0.2) is 21.2 Å². The molecule has 0 amide bonds. The summed E-state index contributed by atoms with van der Waals surface area (Å²) in [5.74, 6) is 1.33. The van der Waals surface area contributed by atoms with E-state index in [1.54, 1.807) is 11.3 Å². The normalized spacial score (nSPS) is 11.2. The van der Waals surface area contributed by atoms with E-state index in [1.165, 1.54) is 5.56 Å². The fourth-order valence-electron chi connectivity index (χ4n) is 1.29. The van der Waals surface area contributed by atoms with Gasteiger partial charge in [0.15, 0.2) is 0 Å². The summed E-state index contributed by atoms with van der Waals surface area (Å²) in [6.45, 7) is 4.81. The maximum atomic E-state index is 5.53. The quantitative estimate of drug-likeness (QED) is 0.866. The van der Waals surface area contributed by atoms with Crippen LogP contribution in [0.5, 0.6) is 0 Å². The molecule has 0 bridgehead atoms. The molecule has 5 heteroatoms. The minimum atomic E-state index is 0.423. The molecule has 2 aromatic heterocycles. The highest BCUT2D eigenvalue weighted by molar-refractivity contribution is 7.07. The van der Waals surface area contributed by atoms with Gasteiger partial charge in [0, 0.05) is 6.04 Å². The molecule has 86 valence electrons. The van der Waals surface area contributed by atoms with Crippen molar-refractivity contribution in [2.75, 3.05) is 0 Å². The van der Waals surface area contributed by atoms with Crippen molar-refractivity contribution in [3.05, 3.63) is 34.2 Å². The molecule has 0 saturated carbocycles. The van der Waals surface area contributed by atoms with E-state index in [0.29, 0.717) is 24.4 Å². The summed E-state index contributed by atoms with van der Waals surface area (Å²) in [7, 11) is 0. The first-order chi connectivity index (χ1) is 7.74. The molecule has 16 heavy (non-hydrogen) atoms. The summed E-state index contributed by atoms with van der Waals surface area (Å²) in [5.41, 5.74) is 1.22. The van der Waals surface area contributed by atoms with Crippen molar-refractivity contribution >= 4 is 11.3 Å². The second kappa shape index (κ2) is 5.23. The maximum Gasteiger partial charge on any atom is 0.230 e. The van der Waals surface area contributed by atoms with E-state index in [4.69, 9.17) is 4.42 Å². The lowest BCUT2D eigenvalue weighted by Gasteiger charge is -2.03. The Balaban J connectivity index is 1.92. The Kier molecular flexibility index (Phi) is 3.69. The van der Waals surface area contributed by atoms with E-state index in [1.807, 2.05) is 5.38 Å². The number of aromatic nitrogens is 2. The van der Waals surface area contributed by atoms with E-state index in [0.717, 1.165) is 6.42 Å². The van der Waals surface area contributed by atoms with Crippen LogP contribution in [0.3, 0.4) is 0 Å². The Morgan fingerprint density at radius 2 is 2.19 bits per heavy atom. The van der Waals surface area contributed by atoms with Gasteiger partial charge in [-0.2, -0.15) is 11.3 Å². The van der Waals surface area contributed by atoms with Crippen LogP contribution in [0.1, 0.15) is 31.2 Å². The molecule has 4 nitrogen and oxygen atoms in total. The molecule has 0 aliphatic carbocycles. The summed E-state index contributed by atoms with van der Waals surface area (Å²) in [5, 5.41) is 15.4. The van der Waals surface area contributed by atoms with E-state index >= 15 is 0 Å². The molecule has 0 unspecified atom stereocenters. The lowest BCUT2D eigenvalue weighted by Crippen LogP contribution is -2.21. The van der Waals surface area contributed by atoms with E-state index in [9.17, 15) is 0 Å². The van der Waals surface area contributed by atoms with Gasteiger partial charge in [-0.1, -0.05) is 13.8 Å². The van der Waals surface area contributed by atoms with E-state index in [-0.39, 0.29) is 0 Å². The predicted octanol–water partition coefficient (Wildman–Crippen LogP) is 2.22. The molecule has 0 spiro atoms. The average molecular weight is 237 g/mol. The van der Waals surface area contributed by atoms with Gasteiger partial charge in [0.05, 0.1) is 13.0 Å². The molecule has 2 heterocycles. The maximum absolute atomic E-state index is 5.53. The molecule has 0 radical (unpaired) electrons. The predicted molar refractivity (Wildman–Crippen MR) is 63.4 cm³/mol. The molecule has 2 aromatic rings. The molecular weight excluding hydrogens is 222 g/mol. The van der Waals surface area contributed by atoms with Crippen molar-refractivity contribution in [3.63, 3.8) is 0 Å². The van der Waals surface area contributed by atoms with Gasteiger partial charge in [-0.15, -0.1) is 10.2 Å². The second-order valence-electron chi connectivity index (χ2n) is 3.93. The largest absolute Gasteiger partial charge is 0.424 e. The smallest absolute Gasteiger partial charge is 0.230 e. The monoisotopic (exact) mass is 237 g/mol. The van der Waals surface area contributed by atoms with Gasteiger partial charge >= 0.3 is 0 Å². The summed E-state index contributed by atoms with van der Waals surface area (Å²) in [6, 6.07) is 2.49. The average Bonchev–Trinajstić information content (AvgIpc) is 2.87. The first kappa shape index (κ1) is 11.3. The highest BCUT2D eigenvalue weighted by Gasteiger charge is 2.07. The first-order valence-corrected chi connectivity index (χ1v) is 6.24. The minimum Gasteiger partial charge on any atom is -0.424 e. The van der Waals surface area contributed by atoms with Crippen LogP contribution < -0.4 is 5.32 Å². The second-order valence-corrected chi connectivity index (χ2v) is 4.71. The number of hydrogen-bond donors (Lipinski definition) is 1. The fourth-order valence-corrected chi connectivity index (χ4v) is 1.96. The Labute approximate surface area is 98.7 Å². The summed E-state index contributed by atoms with van der Waals surface area (Å²) in [4.78, 5) is 0. The van der Waals surface area contributed by atoms with Crippen LogP contribution in [0.25, 0.3) is 0 Å². The molecule has 0 aromatic carbocycles. The van der Waals surface area contributed by atoms with Gasteiger partial charge < -0.3 is 9.73 Å². The van der Waals surface area contributed by atoms with Gasteiger partial charge in [-0.3, -0.25) is 0 Å². The van der Waals surface area contributed by atoms with Gasteiger partial charge in [-0.05, 0) is 22.4 Å². The number of rotatable bonds is 5. The van der Waals surface area contributed by atoms with Crippen molar-refractivity contribution in [2.24, 2.45) is 0 Å².